The van der Waals surface area contributed by atoms with E-state index in [2.05, 4.69) is 123 Å². The zero-order chi connectivity index (χ0) is 96.7. The Morgan fingerprint density at radius 2 is 0.748 bits per heavy atom. The second-order valence-corrected chi connectivity index (χ2v) is 56.1. The van der Waals surface area contributed by atoms with Gasteiger partial charge in [0.15, 0.2) is 57.3 Å². The van der Waals surface area contributed by atoms with Gasteiger partial charge in [-0.05, 0) is 319 Å². The predicted octanol–water partition coefficient (Wildman–Crippen LogP) is 25.1. The number of benzene rings is 11. The van der Waals surface area contributed by atoms with Crippen LogP contribution in [0.5, 0.6) is 51.7 Å². The lowest BCUT2D eigenvalue weighted by Gasteiger charge is -2.15. The number of rotatable bonds is 21. The van der Waals surface area contributed by atoms with Gasteiger partial charge in [-0.1, -0.05) is 112 Å². The summed E-state index contributed by atoms with van der Waals surface area (Å²) in [6.45, 7) is 20.0. The van der Waals surface area contributed by atoms with Crippen molar-refractivity contribution in [3.05, 3.63) is 250 Å². The molecule has 18 rings (SSSR count). The second kappa shape index (κ2) is 58.0. The monoisotopic (exact) mass is 2000 g/mol. The standard InChI is InChI=1S/C16H17OS.C16H25OS.C14H14OS.C12H16O3S.C12H16O2S.2C12H16OS.C10H12OS.C10H14OS/c17-16(12-18-9-3-4-10-18)15-8-7-13-5-1-2-6-14(13)11-15;1-3-5-12-18(13-6-4-2)14-16(17)15-10-8-7-9-11-15;15-13-7-8-14(16-9-3-4-10-16)12-6-2-1-5-11(12)13;1-14-10-7-9(16-5-3-4-6-16)8-11(15-2)12(10)13;1-9-7-11(8-10(2)12(9)13)15-5-3-14-4-6-15;1-9-7-11(8-10(2)12(9)13)14-5-3-4-6-14;1-10-9-11(5-6-12(10)13)14-7-3-2-4-8-14;11-9-3-5-10(6-4-9)12-7-1-2-8-12;1-7-5-9(12(3)4)6-8(2)10(7)11/h1-2,5-8,11H,3-4,9-10,12H2;7-11H,3-6,12-14H2,1-2H3;1-2,5-8H,3-4,9-10H2;7-8H,3-6H2,1-2H3;7-8H,3-6H2,1-2H3;7-8H,3-6H2,1-2H3;5-6,9H,2-4,7-8H2,1H3;3-6H,1-2,7-8H2;5-6H,1-4H3/q2*+1;;;;;;;/p+7. The van der Waals surface area contributed by atoms with Crippen LogP contribution >= 0.6 is 0 Å². The number of phenols is 7. The average molecular weight is 2000 g/mol. The Bertz CT molecular complexity index is 5350. The minimum absolute atomic E-state index is 0.0940. The number of unbranched alkanes of at least 4 members (excludes halogenated alkanes) is 2. The van der Waals surface area contributed by atoms with Crippen LogP contribution in [0.25, 0.3) is 21.5 Å². The number of ether oxygens (including phenoxy) is 3. The third-order valence-electron chi connectivity index (χ3n) is 25.0. The fourth-order valence-corrected chi connectivity index (χ4v) is 36.5. The zero-order valence-electron chi connectivity index (χ0n) is 82.6. The third-order valence-corrected chi connectivity index (χ3v) is 45.7. The van der Waals surface area contributed by atoms with Gasteiger partial charge in [-0.3, -0.25) is 9.59 Å². The lowest BCUT2D eigenvalue weighted by atomic mass is 10.1. The number of Topliss-reactive ketones (excluding diaryl/α,β-unsaturated/α-hetero) is 2. The van der Waals surface area contributed by atoms with Gasteiger partial charge in [0.1, 0.15) is 139 Å². The first-order valence-corrected chi connectivity index (χ1v) is 63.4. The summed E-state index contributed by atoms with van der Waals surface area (Å²) in [5, 5.41) is 71.7. The molecule has 11 aromatic carbocycles. The molecule has 7 N–H and O–H groups in total. The van der Waals surface area contributed by atoms with Gasteiger partial charge in [-0.2, -0.15) is 0 Å². The Morgan fingerprint density at radius 3 is 1.23 bits per heavy atom. The van der Waals surface area contributed by atoms with Gasteiger partial charge in [-0.25, -0.2) is 0 Å². The highest BCUT2D eigenvalue weighted by atomic mass is 32.2. The van der Waals surface area contributed by atoms with Crippen molar-refractivity contribution in [1.82, 2.24) is 0 Å². The highest BCUT2D eigenvalue weighted by Gasteiger charge is 2.35. The highest BCUT2D eigenvalue weighted by Crippen LogP contribution is 2.42. The Labute approximate surface area is 834 Å². The lowest BCUT2D eigenvalue weighted by Crippen LogP contribution is -2.26. The Balaban J connectivity index is 0.000000158. The maximum absolute atomic E-state index is 12.3. The predicted molar refractivity (Wildman–Crippen MR) is 594 cm³/mol. The van der Waals surface area contributed by atoms with Crippen LogP contribution in [0, 0.1) is 48.5 Å². The first kappa shape index (κ1) is 110. The molecular formula is C114H153O12S9+9. The van der Waals surface area contributed by atoms with Gasteiger partial charge in [-0.15, -0.1) is 0 Å². The third kappa shape index (κ3) is 34.5. The van der Waals surface area contributed by atoms with Gasteiger partial charge in [0.2, 0.25) is 17.3 Å². The number of hydrogen-bond donors (Lipinski definition) is 7. The van der Waals surface area contributed by atoms with Gasteiger partial charge >= 0.3 is 0 Å². The summed E-state index contributed by atoms with van der Waals surface area (Å²) in [6.07, 6.45) is 27.0. The molecule has 7 fully saturated rings. The fourth-order valence-electron chi connectivity index (χ4n) is 17.0. The van der Waals surface area contributed by atoms with E-state index in [0.717, 1.165) is 97.1 Å². The second-order valence-electron chi connectivity index (χ2n) is 35.7. The van der Waals surface area contributed by atoms with Crippen molar-refractivity contribution < 1.29 is 59.5 Å². The smallest absolute Gasteiger partial charge is 0.211 e. The molecule has 135 heavy (non-hydrogen) atoms. The van der Waals surface area contributed by atoms with Crippen LogP contribution in [0.3, 0.4) is 0 Å². The molecule has 7 saturated heterocycles. The number of carbonyl (C=O) groups is 2. The molecule has 0 spiro atoms. The molecule has 726 valence electrons. The van der Waals surface area contributed by atoms with Crippen LogP contribution in [0.2, 0.25) is 0 Å². The van der Waals surface area contributed by atoms with Gasteiger partial charge in [0, 0.05) is 110 Å². The molecule has 7 aliphatic heterocycles. The van der Waals surface area contributed by atoms with Gasteiger partial charge in [0.05, 0.1) is 27.4 Å². The fraction of sp³-hybridized carbons (Fsp3) is 0.439. The molecule has 0 saturated carbocycles. The molecular weight excluding hydrogens is 1850 g/mol. The van der Waals surface area contributed by atoms with E-state index in [0.29, 0.717) is 145 Å². The molecule has 11 aromatic rings. The van der Waals surface area contributed by atoms with E-state index >= 15 is 0 Å². The van der Waals surface area contributed by atoms with E-state index in [9.17, 15) is 40.2 Å². The van der Waals surface area contributed by atoms with E-state index in [1.165, 1.54) is 235 Å². The first-order chi connectivity index (χ1) is 65.2. The van der Waals surface area contributed by atoms with Crippen molar-refractivity contribution in [3.8, 4) is 51.7 Å². The van der Waals surface area contributed by atoms with E-state index in [1.54, 1.807) is 26.4 Å². The molecule has 0 bridgehead atoms. The number of carbonyl (C=O) groups excluding carboxylic acids is 2. The van der Waals surface area contributed by atoms with Crippen LogP contribution in [0.4, 0.5) is 0 Å². The summed E-state index contributed by atoms with van der Waals surface area (Å²) < 4.78 is 15.7. The summed E-state index contributed by atoms with van der Waals surface area (Å²) in [5.41, 5.74) is 8.76. The molecule has 0 aliphatic carbocycles. The van der Waals surface area contributed by atoms with Crippen molar-refractivity contribution in [1.29, 1.82) is 0 Å². The molecule has 0 unspecified atom stereocenters. The molecule has 0 aromatic heterocycles. The highest BCUT2D eigenvalue weighted by molar-refractivity contribution is 7.99. The molecule has 7 aliphatic rings. The van der Waals surface area contributed by atoms with Crippen LogP contribution in [0.15, 0.2) is 234 Å². The Kier molecular flexibility index (Phi) is 47.1. The molecule has 0 radical (unpaired) electrons. The van der Waals surface area contributed by atoms with Gasteiger partial charge < -0.3 is 50.0 Å². The number of aromatic hydroxyl groups is 7. The van der Waals surface area contributed by atoms with E-state index < -0.39 is 0 Å². The number of aryl methyl sites for hydroxylation is 7. The summed E-state index contributed by atoms with van der Waals surface area (Å²) in [6, 6.07) is 66.5. The van der Waals surface area contributed by atoms with Gasteiger partial charge in [0.25, 0.3) is 0 Å². The maximum Gasteiger partial charge on any atom is 0.211 e. The van der Waals surface area contributed by atoms with Crippen molar-refractivity contribution in [2.45, 2.75) is 206 Å². The van der Waals surface area contributed by atoms with Crippen molar-refractivity contribution >= 4 is 131 Å². The zero-order valence-corrected chi connectivity index (χ0v) is 89.9. The summed E-state index contributed by atoms with van der Waals surface area (Å²) in [4.78, 5) is 34.2. The van der Waals surface area contributed by atoms with Crippen molar-refractivity contribution in [2.75, 3.05) is 143 Å². The van der Waals surface area contributed by atoms with Crippen LogP contribution in [-0.2, 0) is 103 Å². The van der Waals surface area contributed by atoms with E-state index in [-0.39, 0.29) is 16.6 Å². The minimum atomic E-state index is 0.0940. The lowest BCUT2D eigenvalue weighted by molar-refractivity contribution is 0.101. The largest absolute Gasteiger partial charge is 0.508 e. The number of methoxy groups -OCH3 is 2. The Morgan fingerprint density at radius 1 is 0.348 bits per heavy atom. The van der Waals surface area contributed by atoms with E-state index in [4.69, 9.17) is 19.3 Å². The molecule has 0 atom stereocenters. The molecule has 0 amide bonds. The SMILES string of the molecule is CCCC[S+](CCCC)CC(=O)c1ccccc1.COc1cc([S+]2CCCC2)cc(OC)c1O.Cc1cc([S+](C)C)cc(C)c1O.Cc1cc([S+]2CCCC2)cc(C)c1O.Cc1cc([S+]2CCCCC2)ccc1O.Cc1cc([S+]2CCOCC2)cc(C)c1O.O=C(C[S+]1CCCC1)c1ccc2ccccc2c1.Oc1ccc([S+]2CCCC2)c2ccccc12.Oc1ccc([S+]2CCCC2)cc1. The van der Waals surface area contributed by atoms with E-state index in [1.807, 2.05) is 139 Å². The molecule has 21 heteroatoms. The van der Waals surface area contributed by atoms with Crippen LogP contribution in [0.1, 0.15) is 183 Å². The topological polar surface area (TPSA) is 203 Å². The van der Waals surface area contributed by atoms with Crippen LogP contribution < -0.4 is 9.47 Å². The molecule has 12 nitrogen and oxygen atoms in total. The number of hydrogen-bond acceptors (Lipinski definition) is 12. The van der Waals surface area contributed by atoms with Crippen LogP contribution in [-0.4, -0.2) is 191 Å². The Hall–Kier alpha value is -7.41. The summed E-state index contributed by atoms with van der Waals surface area (Å²) in [5.74, 6) is 26.3. The summed E-state index contributed by atoms with van der Waals surface area (Å²) in [7, 11) is 6.54. The van der Waals surface area contributed by atoms with Crippen molar-refractivity contribution in [3.63, 3.8) is 0 Å². The normalized spacial score (nSPS) is 15.9. The maximum atomic E-state index is 12.3. The number of ketones is 2. The quantitative estimate of drug-likeness (QED) is 0.0265. The first-order valence-electron chi connectivity index (χ1n) is 48.5. The molecule has 7 heterocycles. The number of phenolic OH excluding ortho intramolecular Hbond substituents is 7. The average Bonchev–Trinajstić information content (AvgIpc) is 1.69. The number of fused-ring (bicyclic) bond motifs is 2. The van der Waals surface area contributed by atoms with Crippen molar-refractivity contribution in [2.24, 2.45) is 0 Å². The summed E-state index contributed by atoms with van der Waals surface area (Å²) >= 11 is 0. The minimum Gasteiger partial charge on any atom is -0.508 e.